The highest BCUT2D eigenvalue weighted by Crippen LogP contribution is 2.07. The third-order valence-corrected chi connectivity index (χ3v) is 3.15. The fourth-order valence-electron chi connectivity index (χ4n) is 0.964. The molecule has 0 N–H and O–H groups in total. The zero-order valence-electron chi connectivity index (χ0n) is 8.07. The molecule has 1 aromatic carbocycles. The number of benzene rings is 1. The monoisotopic (exact) mass is 217 g/mol. The number of hydrogen-bond donors (Lipinski definition) is 0. The Morgan fingerprint density at radius 2 is 1.79 bits per heavy atom. The highest BCUT2D eigenvalue weighted by molar-refractivity contribution is 7.88. The molecule has 0 saturated heterocycles. The van der Waals surface area contributed by atoms with Gasteiger partial charge in [-0.1, -0.05) is 12.1 Å². The molecule has 3 nitrogen and oxygen atoms in total. The zero-order valence-corrected chi connectivity index (χ0v) is 8.88. The number of nitrogens with zero attached hydrogens (tertiary/aromatic N) is 1. The van der Waals surface area contributed by atoms with Crippen molar-refractivity contribution in [2.24, 2.45) is 0 Å². The third kappa shape index (κ3) is 3.08. The minimum Gasteiger partial charge on any atom is -0.213 e. The van der Waals surface area contributed by atoms with Gasteiger partial charge in [-0.25, -0.2) is 17.1 Å². The van der Waals surface area contributed by atoms with Crippen LogP contribution in [0.4, 0.5) is 4.39 Å². The van der Waals surface area contributed by atoms with Gasteiger partial charge in [-0.15, -0.1) is 0 Å². The Kier molecular flexibility index (Phi) is 3.23. The molecule has 0 bridgehead atoms. The summed E-state index contributed by atoms with van der Waals surface area (Å²) in [6.07, 6.45) is 1.14. The maximum Gasteiger partial charge on any atom is 0.211 e. The molecule has 0 aromatic heterocycles. The largest absolute Gasteiger partial charge is 0.213 e. The molecule has 14 heavy (non-hydrogen) atoms. The van der Waals surface area contributed by atoms with Gasteiger partial charge in [0.1, 0.15) is 5.82 Å². The van der Waals surface area contributed by atoms with E-state index in [2.05, 4.69) is 0 Å². The molecule has 0 unspecified atom stereocenters. The van der Waals surface area contributed by atoms with Crippen LogP contribution in [0.5, 0.6) is 0 Å². The summed E-state index contributed by atoms with van der Waals surface area (Å²) >= 11 is 0. The summed E-state index contributed by atoms with van der Waals surface area (Å²) in [5, 5.41) is 0. The van der Waals surface area contributed by atoms with E-state index in [1.807, 2.05) is 0 Å². The topological polar surface area (TPSA) is 37.4 Å². The van der Waals surface area contributed by atoms with Gasteiger partial charge in [0.05, 0.1) is 6.26 Å². The van der Waals surface area contributed by atoms with Crippen molar-refractivity contribution < 1.29 is 12.8 Å². The van der Waals surface area contributed by atoms with Crippen LogP contribution in [0.3, 0.4) is 0 Å². The standard InChI is InChI=1S/C9H12FNO2S/c1-11(14(2,12)13)7-8-3-5-9(10)6-4-8/h3-6H,7H2,1-2H3. The third-order valence-electron chi connectivity index (χ3n) is 1.88. The Morgan fingerprint density at radius 3 is 2.21 bits per heavy atom. The summed E-state index contributed by atoms with van der Waals surface area (Å²) in [6.45, 7) is 0.263. The van der Waals surface area contributed by atoms with Crippen LogP contribution in [0.2, 0.25) is 0 Å². The summed E-state index contributed by atoms with van der Waals surface area (Å²) in [5.41, 5.74) is 0.763. The molecule has 0 fully saturated rings. The van der Waals surface area contributed by atoms with E-state index in [-0.39, 0.29) is 12.4 Å². The fraction of sp³-hybridized carbons (Fsp3) is 0.333. The van der Waals surface area contributed by atoms with Crippen molar-refractivity contribution in [2.75, 3.05) is 13.3 Å². The number of sulfonamides is 1. The molecule has 1 aromatic rings. The lowest BCUT2D eigenvalue weighted by atomic mass is 10.2. The van der Waals surface area contributed by atoms with Crippen molar-refractivity contribution >= 4 is 10.0 Å². The molecule has 0 aliphatic carbocycles. The van der Waals surface area contributed by atoms with Crippen molar-refractivity contribution in [2.45, 2.75) is 6.54 Å². The second-order valence-corrected chi connectivity index (χ2v) is 5.23. The highest BCUT2D eigenvalue weighted by Gasteiger charge is 2.10. The molecular weight excluding hydrogens is 205 g/mol. The molecule has 0 atom stereocenters. The molecule has 78 valence electrons. The van der Waals surface area contributed by atoms with Crippen LogP contribution in [0, 0.1) is 5.82 Å². The Balaban J connectivity index is 2.75. The Bertz CT molecular complexity index is 399. The van der Waals surface area contributed by atoms with Gasteiger partial charge >= 0.3 is 0 Å². The first kappa shape index (κ1) is 11.1. The molecule has 0 radical (unpaired) electrons. The first-order valence-electron chi connectivity index (χ1n) is 4.05. The normalized spacial score (nSPS) is 12.0. The van der Waals surface area contributed by atoms with E-state index in [4.69, 9.17) is 0 Å². The maximum absolute atomic E-state index is 12.5. The van der Waals surface area contributed by atoms with Crippen molar-refractivity contribution in [1.82, 2.24) is 4.31 Å². The van der Waals surface area contributed by atoms with Gasteiger partial charge in [0, 0.05) is 13.6 Å². The van der Waals surface area contributed by atoms with E-state index >= 15 is 0 Å². The fourth-order valence-corrected chi connectivity index (χ4v) is 1.35. The number of rotatable bonds is 3. The zero-order chi connectivity index (χ0) is 10.8. The first-order valence-corrected chi connectivity index (χ1v) is 5.90. The van der Waals surface area contributed by atoms with Crippen molar-refractivity contribution in [3.05, 3.63) is 35.6 Å². The quantitative estimate of drug-likeness (QED) is 0.763. The second-order valence-electron chi connectivity index (χ2n) is 3.15. The molecule has 0 aliphatic heterocycles. The lowest BCUT2D eigenvalue weighted by molar-refractivity contribution is 0.472. The lowest BCUT2D eigenvalue weighted by Crippen LogP contribution is -2.24. The number of hydrogen-bond acceptors (Lipinski definition) is 2. The summed E-state index contributed by atoms with van der Waals surface area (Å²) in [5.74, 6) is -0.323. The molecule has 0 heterocycles. The van der Waals surface area contributed by atoms with E-state index in [0.29, 0.717) is 0 Å². The van der Waals surface area contributed by atoms with E-state index in [1.165, 1.54) is 23.5 Å². The average Bonchev–Trinajstić information content (AvgIpc) is 2.07. The van der Waals surface area contributed by atoms with Gasteiger partial charge in [-0.2, -0.15) is 0 Å². The van der Waals surface area contributed by atoms with Crippen LogP contribution < -0.4 is 0 Å². The van der Waals surface area contributed by atoms with Gasteiger partial charge in [-0.05, 0) is 17.7 Å². The first-order chi connectivity index (χ1) is 6.39. The van der Waals surface area contributed by atoms with Crippen molar-refractivity contribution in [1.29, 1.82) is 0 Å². The second kappa shape index (κ2) is 4.06. The molecule has 1 rings (SSSR count). The van der Waals surface area contributed by atoms with Gasteiger partial charge in [0.25, 0.3) is 0 Å². The van der Waals surface area contributed by atoms with E-state index in [0.717, 1.165) is 11.8 Å². The van der Waals surface area contributed by atoms with Crippen LogP contribution >= 0.6 is 0 Å². The maximum atomic E-state index is 12.5. The predicted octanol–water partition coefficient (Wildman–Crippen LogP) is 1.22. The minimum atomic E-state index is -3.17. The number of halogens is 1. The summed E-state index contributed by atoms with van der Waals surface area (Å²) in [4.78, 5) is 0. The molecular formula is C9H12FNO2S. The van der Waals surface area contributed by atoms with E-state index in [1.54, 1.807) is 12.1 Å². The van der Waals surface area contributed by atoms with Crippen LogP contribution in [0.25, 0.3) is 0 Å². The minimum absolute atomic E-state index is 0.263. The van der Waals surface area contributed by atoms with Crippen molar-refractivity contribution in [3.63, 3.8) is 0 Å². The Hall–Kier alpha value is -0.940. The van der Waals surface area contributed by atoms with Gasteiger partial charge < -0.3 is 0 Å². The van der Waals surface area contributed by atoms with Gasteiger partial charge in [0.2, 0.25) is 10.0 Å². The van der Waals surface area contributed by atoms with Crippen molar-refractivity contribution in [3.8, 4) is 0 Å². The van der Waals surface area contributed by atoms with E-state index in [9.17, 15) is 12.8 Å². The molecule has 0 aliphatic rings. The van der Waals surface area contributed by atoms with Gasteiger partial charge in [-0.3, -0.25) is 0 Å². The summed E-state index contributed by atoms with van der Waals surface area (Å²) in [6, 6.07) is 5.75. The molecule has 0 amide bonds. The Morgan fingerprint density at radius 1 is 1.29 bits per heavy atom. The SMILES string of the molecule is CN(Cc1ccc(F)cc1)S(C)(=O)=O. The van der Waals surface area contributed by atoms with Crippen LogP contribution in [0.15, 0.2) is 24.3 Å². The summed E-state index contributed by atoms with van der Waals surface area (Å²) in [7, 11) is -1.69. The van der Waals surface area contributed by atoms with E-state index < -0.39 is 10.0 Å². The smallest absolute Gasteiger partial charge is 0.211 e. The van der Waals surface area contributed by atoms with Gasteiger partial charge in [0.15, 0.2) is 0 Å². The van der Waals surface area contributed by atoms with Crippen LogP contribution in [-0.4, -0.2) is 26.0 Å². The summed E-state index contributed by atoms with van der Waals surface area (Å²) < 4.78 is 35.8. The highest BCUT2D eigenvalue weighted by atomic mass is 32.2. The van der Waals surface area contributed by atoms with Crippen LogP contribution in [-0.2, 0) is 16.6 Å². The predicted molar refractivity (Wildman–Crippen MR) is 52.7 cm³/mol. The van der Waals surface area contributed by atoms with Crippen LogP contribution in [0.1, 0.15) is 5.56 Å². The molecule has 0 spiro atoms. The lowest BCUT2D eigenvalue weighted by Gasteiger charge is -2.13. The average molecular weight is 217 g/mol. The molecule has 5 heteroatoms. The Labute approximate surface area is 83.2 Å². The molecule has 0 saturated carbocycles.